The molecule has 0 aromatic carbocycles. The lowest BCUT2D eigenvalue weighted by molar-refractivity contribution is -0.144. The van der Waals surface area contributed by atoms with Crippen molar-refractivity contribution in [3.63, 3.8) is 0 Å². The van der Waals surface area contributed by atoms with Crippen molar-refractivity contribution < 1.29 is 9.90 Å². The summed E-state index contributed by atoms with van der Waals surface area (Å²) in [5.41, 5.74) is -0.790. The molecule has 1 unspecified atom stereocenters. The van der Waals surface area contributed by atoms with E-state index in [4.69, 9.17) is 0 Å². The first-order chi connectivity index (χ1) is 9.35. The third-order valence-electron chi connectivity index (χ3n) is 3.95. The molecule has 0 amide bonds. The zero-order chi connectivity index (χ0) is 15.6. The van der Waals surface area contributed by atoms with Gasteiger partial charge in [-0.15, -0.1) is 0 Å². The summed E-state index contributed by atoms with van der Waals surface area (Å²) < 4.78 is 0. The third-order valence-corrected chi connectivity index (χ3v) is 3.95. The molecule has 0 aromatic heterocycles. The Morgan fingerprint density at radius 2 is 1.75 bits per heavy atom. The molecule has 0 aromatic rings. The minimum Gasteiger partial charge on any atom is -0.480 e. The van der Waals surface area contributed by atoms with Gasteiger partial charge in [-0.25, -0.2) is 0 Å². The maximum Gasteiger partial charge on any atom is 0.323 e. The summed E-state index contributed by atoms with van der Waals surface area (Å²) in [4.78, 5) is 15.8. The zero-order valence-electron chi connectivity index (χ0n) is 13.9. The number of nitrogens with zero attached hydrogens (tertiary/aromatic N) is 2. The van der Waals surface area contributed by atoms with Crippen LogP contribution in [0.1, 0.15) is 39.5 Å². The number of unbranched alkanes of at least 4 members (excludes halogenated alkanes) is 1. The number of rotatable bonds is 12. The van der Waals surface area contributed by atoms with Gasteiger partial charge in [0, 0.05) is 0 Å². The molecule has 1 atom stereocenters. The van der Waals surface area contributed by atoms with Gasteiger partial charge in [-0.2, -0.15) is 0 Å². The van der Waals surface area contributed by atoms with Crippen LogP contribution in [0.4, 0.5) is 0 Å². The van der Waals surface area contributed by atoms with Gasteiger partial charge < -0.3 is 20.2 Å². The van der Waals surface area contributed by atoms with E-state index < -0.39 is 11.5 Å². The lowest BCUT2D eigenvalue weighted by Gasteiger charge is -2.25. The Hall–Kier alpha value is -0.650. The molecule has 120 valence electrons. The monoisotopic (exact) mass is 287 g/mol. The largest absolute Gasteiger partial charge is 0.480 e. The molecule has 0 rings (SSSR count). The normalized spacial score (nSPS) is 14.8. The van der Waals surface area contributed by atoms with E-state index >= 15 is 0 Å². The predicted molar refractivity (Wildman–Crippen MR) is 84.2 cm³/mol. The number of hydrogen-bond acceptors (Lipinski definition) is 4. The molecule has 0 aliphatic rings. The molecule has 0 bridgehead atoms. The zero-order valence-corrected chi connectivity index (χ0v) is 13.9. The number of aliphatic carboxylic acids is 1. The van der Waals surface area contributed by atoms with Gasteiger partial charge in [0.2, 0.25) is 0 Å². The van der Waals surface area contributed by atoms with E-state index in [0.717, 1.165) is 39.0 Å². The van der Waals surface area contributed by atoms with Crippen LogP contribution in [-0.4, -0.2) is 73.7 Å². The lowest BCUT2D eigenvalue weighted by atomic mass is 9.95. The number of likely N-dealkylation sites (N-methyl/N-ethyl adjacent to an activating group) is 1. The van der Waals surface area contributed by atoms with Gasteiger partial charge in [0.05, 0.1) is 0 Å². The van der Waals surface area contributed by atoms with Crippen molar-refractivity contribution in [2.45, 2.75) is 45.1 Å². The Labute approximate surface area is 124 Å². The molecule has 0 saturated heterocycles. The molecule has 0 radical (unpaired) electrons. The van der Waals surface area contributed by atoms with Gasteiger partial charge >= 0.3 is 5.97 Å². The van der Waals surface area contributed by atoms with Crippen LogP contribution < -0.4 is 5.32 Å². The summed E-state index contributed by atoms with van der Waals surface area (Å²) in [6.07, 6.45) is 3.85. The summed E-state index contributed by atoms with van der Waals surface area (Å²) in [7, 11) is 5.91. The fourth-order valence-corrected chi connectivity index (χ4v) is 2.19. The molecule has 20 heavy (non-hydrogen) atoms. The van der Waals surface area contributed by atoms with Crippen LogP contribution in [0.15, 0.2) is 0 Å². The van der Waals surface area contributed by atoms with Crippen LogP contribution in [0.3, 0.4) is 0 Å². The van der Waals surface area contributed by atoms with Gasteiger partial charge in [-0.3, -0.25) is 4.79 Å². The van der Waals surface area contributed by atoms with Gasteiger partial charge in [0.15, 0.2) is 0 Å². The molecule has 2 N–H and O–H groups in total. The van der Waals surface area contributed by atoms with Crippen LogP contribution in [0.5, 0.6) is 0 Å². The van der Waals surface area contributed by atoms with Gasteiger partial charge in [-0.1, -0.05) is 6.92 Å². The molecule has 0 saturated carbocycles. The number of carboxylic acids is 1. The number of carbonyl (C=O) groups is 1. The van der Waals surface area contributed by atoms with E-state index in [-0.39, 0.29) is 0 Å². The fraction of sp³-hybridized carbons (Fsp3) is 0.933. The van der Waals surface area contributed by atoms with Crippen LogP contribution in [0, 0.1) is 0 Å². The van der Waals surface area contributed by atoms with Gasteiger partial charge in [0.1, 0.15) is 5.54 Å². The van der Waals surface area contributed by atoms with Crippen molar-refractivity contribution in [3.05, 3.63) is 0 Å². The summed E-state index contributed by atoms with van der Waals surface area (Å²) in [5, 5.41) is 12.1. The highest BCUT2D eigenvalue weighted by molar-refractivity contribution is 5.78. The molecule has 5 nitrogen and oxygen atoms in total. The Balaban J connectivity index is 3.87. The first-order valence-corrected chi connectivity index (χ1v) is 7.65. The Kier molecular flexibility index (Phi) is 9.80. The van der Waals surface area contributed by atoms with Crippen LogP contribution >= 0.6 is 0 Å². The van der Waals surface area contributed by atoms with Crippen LogP contribution in [0.25, 0.3) is 0 Å². The van der Waals surface area contributed by atoms with E-state index in [9.17, 15) is 9.90 Å². The van der Waals surface area contributed by atoms with Crippen molar-refractivity contribution in [1.82, 2.24) is 15.1 Å². The van der Waals surface area contributed by atoms with E-state index in [2.05, 4.69) is 36.1 Å². The second-order valence-electron chi connectivity index (χ2n) is 5.94. The van der Waals surface area contributed by atoms with Crippen molar-refractivity contribution >= 4 is 5.97 Å². The average Bonchev–Trinajstić information content (AvgIpc) is 2.40. The fourth-order valence-electron chi connectivity index (χ4n) is 2.19. The predicted octanol–water partition coefficient (Wildman–Crippen LogP) is 1.49. The van der Waals surface area contributed by atoms with Gasteiger partial charge in [0.25, 0.3) is 0 Å². The molecule has 5 heteroatoms. The van der Waals surface area contributed by atoms with E-state index in [1.54, 1.807) is 14.0 Å². The topological polar surface area (TPSA) is 55.8 Å². The maximum atomic E-state index is 11.2. The second kappa shape index (κ2) is 10.1. The summed E-state index contributed by atoms with van der Waals surface area (Å²) in [5.74, 6) is -0.765. The molecule has 0 heterocycles. The Morgan fingerprint density at radius 3 is 2.20 bits per heavy atom. The lowest BCUT2D eigenvalue weighted by Crippen LogP contribution is -2.47. The van der Waals surface area contributed by atoms with Crippen LogP contribution in [0.2, 0.25) is 0 Å². The third kappa shape index (κ3) is 7.82. The van der Waals surface area contributed by atoms with Gasteiger partial charge in [-0.05, 0) is 79.9 Å². The Morgan fingerprint density at radius 1 is 1.15 bits per heavy atom. The molecule has 0 aliphatic carbocycles. The molecular weight excluding hydrogens is 254 g/mol. The molecule has 0 spiro atoms. The highest BCUT2D eigenvalue weighted by Gasteiger charge is 2.30. The standard InChI is InChI=1S/C15H33N3O2/c1-6-18(13-9-11-17(4)5)12-8-7-10-15(2,16-3)14(19)20/h16H,6-13H2,1-5H3,(H,19,20). The minimum absolute atomic E-state index is 0.675. The number of nitrogens with one attached hydrogen (secondary N) is 1. The van der Waals surface area contributed by atoms with Crippen molar-refractivity contribution in [3.8, 4) is 0 Å². The highest BCUT2D eigenvalue weighted by Crippen LogP contribution is 2.14. The minimum atomic E-state index is -0.790. The summed E-state index contributed by atoms with van der Waals surface area (Å²) in [6, 6.07) is 0. The van der Waals surface area contributed by atoms with Crippen molar-refractivity contribution in [2.75, 3.05) is 47.3 Å². The Bertz CT molecular complexity index is 272. The second-order valence-corrected chi connectivity index (χ2v) is 5.94. The van der Waals surface area contributed by atoms with Crippen LogP contribution in [-0.2, 0) is 4.79 Å². The molecule has 0 aliphatic heterocycles. The first kappa shape index (κ1) is 19.4. The van der Waals surface area contributed by atoms with E-state index in [1.165, 1.54) is 6.42 Å². The van der Waals surface area contributed by atoms with Crippen molar-refractivity contribution in [1.29, 1.82) is 0 Å². The SMILES string of the molecule is CCN(CCCCC(C)(NC)C(=O)O)CCCN(C)C. The van der Waals surface area contributed by atoms with E-state index in [0.29, 0.717) is 6.42 Å². The number of carboxylic acid groups (broad SMARTS) is 1. The highest BCUT2D eigenvalue weighted by atomic mass is 16.4. The summed E-state index contributed by atoms with van der Waals surface area (Å²) >= 11 is 0. The quantitative estimate of drug-likeness (QED) is 0.533. The smallest absolute Gasteiger partial charge is 0.323 e. The maximum absolute atomic E-state index is 11.2. The van der Waals surface area contributed by atoms with E-state index in [1.807, 2.05) is 0 Å². The summed E-state index contributed by atoms with van der Waals surface area (Å²) in [6.45, 7) is 8.30. The molecule has 0 fully saturated rings. The first-order valence-electron chi connectivity index (χ1n) is 7.65. The number of hydrogen-bond donors (Lipinski definition) is 2. The molecular formula is C15H33N3O2. The van der Waals surface area contributed by atoms with Crippen molar-refractivity contribution in [2.24, 2.45) is 0 Å². The average molecular weight is 287 g/mol.